The van der Waals surface area contributed by atoms with Crippen LogP contribution in [-0.2, 0) is 19.1 Å². The lowest BCUT2D eigenvalue weighted by atomic mass is 10.5. The van der Waals surface area contributed by atoms with Crippen molar-refractivity contribution in [3.63, 3.8) is 0 Å². The van der Waals surface area contributed by atoms with Gasteiger partial charge in [0.25, 0.3) is 0 Å². The minimum atomic E-state index is -0.578. The summed E-state index contributed by atoms with van der Waals surface area (Å²) in [5.41, 5.74) is 0. The minimum Gasteiger partial charge on any atom is -0.443 e. The van der Waals surface area contributed by atoms with Crippen LogP contribution in [0.3, 0.4) is 0 Å². The summed E-state index contributed by atoms with van der Waals surface area (Å²) >= 11 is 0. The molecule has 0 aromatic carbocycles. The summed E-state index contributed by atoms with van der Waals surface area (Å²) in [6.45, 7) is 3.47. The van der Waals surface area contributed by atoms with Crippen LogP contribution in [0.2, 0.25) is 0 Å². The maximum Gasteiger partial charge on any atom is 0.332 e. The van der Waals surface area contributed by atoms with Crippen LogP contribution < -0.4 is 0 Å². The molecule has 0 aliphatic rings. The molecule has 2 unspecified atom stereocenters. The van der Waals surface area contributed by atoms with E-state index in [2.05, 4.69) is 0 Å². The highest BCUT2D eigenvalue weighted by Crippen LogP contribution is 1.98. The molecule has 0 aromatic heterocycles. The molecule has 0 N–H and O–H groups in total. The maximum absolute atomic E-state index is 11.3. The largest absolute Gasteiger partial charge is 0.443 e. The summed E-state index contributed by atoms with van der Waals surface area (Å²) in [5.74, 6) is -1.16. The topological polar surface area (TPSA) is 59.1 Å². The molecule has 0 aromatic rings. The van der Waals surface area contributed by atoms with Crippen molar-refractivity contribution in [1.82, 2.24) is 9.80 Å². The Bertz CT molecular complexity index is 283. The van der Waals surface area contributed by atoms with Gasteiger partial charge in [-0.05, 0) is 42.0 Å². The summed E-state index contributed by atoms with van der Waals surface area (Å²) in [5, 5.41) is 0. The second kappa shape index (κ2) is 7.84. The third-order valence-electron chi connectivity index (χ3n) is 2.38. The predicted octanol–water partition coefficient (Wildman–Crippen LogP) is 0.444. The summed E-state index contributed by atoms with van der Waals surface area (Å²) in [4.78, 5) is 26.1. The predicted molar refractivity (Wildman–Crippen MR) is 67.6 cm³/mol. The number of rotatable bonds is 6. The van der Waals surface area contributed by atoms with Crippen LogP contribution in [0.1, 0.15) is 13.8 Å². The van der Waals surface area contributed by atoms with Crippen molar-refractivity contribution in [2.24, 2.45) is 0 Å². The number of carbonyl (C=O) groups excluding carboxylic acids is 2. The van der Waals surface area contributed by atoms with E-state index in [9.17, 15) is 9.59 Å². The fraction of sp³-hybridized carbons (Fsp3) is 0.667. The lowest BCUT2D eigenvalue weighted by Gasteiger charge is -2.19. The molecule has 0 amide bonds. The highest BCUT2D eigenvalue weighted by atomic mass is 16.6. The quantitative estimate of drug-likeness (QED) is 0.391. The molecule has 104 valence electrons. The number of nitrogens with zero attached hydrogens (tertiary/aromatic N) is 2. The van der Waals surface area contributed by atoms with E-state index < -0.39 is 11.9 Å². The Morgan fingerprint density at radius 2 is 1.11 bits per heavy atom. The van der Waals surface area contributed by atoms with Gasteiger partial charge in [-0.25, -0.2) is 9.59 Å². The van der Waals surface area contributed by atoms with E-state index in [0.29, 0.717) is 0 Å². The van der Waals surface area contributed by atoms with Crippen molar-refractivity contribution >= 4 is 11.9 Å². The Labute approximate surface area is 108 Å². The third kappa shape index (κ3) is 7.03. The van der Waals surface area contributed by atoms with Crippen molar-refractivity contribution in [2.75, 3.05) is 28.2 Å². The molecule has 0 saturated heterocycles. The molecule has 6 nitrogen and oxygen atoms in total. The molecule has 0 aliphatic heterocycles. The van der Waals surface area contributed by atoms with Crippen LogP contribution in [0, 0.1) is 0 Å². The molecular formula is C12H22N2O4. The van der Waals surface area contributed by atoms with Gasteiger partial charge in [0.2, 0.25) is 0 Å². The zero-order chi connectivity index (χ0) is 14.3. The van der Waals surface area contributed by atoms with Crippen LogP contribution in [0.5, 0.6) is 0 Å². The zero-order valence-corrected chi connectivity index (χ0v) is 11.8. The fourth-order valence-corrected chi connectivity index (χ4v) is 0.762. The van der Waals surface area contributed by atoms with Crippen LogP contribution in [0.4, 0.5) is 0 Å². The van der Waals surface area contributed by atoms with Gasteiger partial charge in [0.15, 0.2) is 12.5 Å². The molecule has 0 saturated carbocycles. The molecule has 6 heteroatoms. The van der Waals surface area contributed by atoms with Gasteiger partial charge in [0, 0.05) is 12.2 Å². The van der Waals surface area contributed by atoms with E-state index in [0.717, 1.165) is 12.2 Å². The lowest BCUT2D eigenvalue weighted by Crippen LogP contribution is -2.30. The van der Waals surface area contributed by atoms with E-state index in [1.54, 1.807) is 51.8 Å². The van der Waals surface area contributed by atoms with Crippen LogP contribution in [-0.4, -0.2) is 62.4 Å². The van der Waals surface area contributed by atoms with Gasteiger partial charge >= 0.3 is 11.9 Å². The molecule has 0 aliphatic carbocycles. The van der Waals surface area contributed by atoms with Crippen molar-refractivity contribution < 1.29 is 19.1 Å². The average Bonchev–Trinajstić information content (AvgIpc) is 2.25. The lowest BCUT2D eigenvalue weighted by molar-refractivity contribution is -0.152. The Morgan fingerprint density at radius 3 is 1.33 bits per heavy atom. The average molecular weight is 258 g/mol. The van der Waals surface area contributed by atoms with Gasteiger partial charge in [-0.1, -0.05) is 0 Å². The summed E-state index contributed by atoms with van der Waals surface area (Å²) in [7, 11) is 7.15. The molecule has 0 heterocycles. The van der Waals surface area contributed by atoms with Crippen molar-refractivity contribution in [3.8, 4) is 0 Å². The third-order valence-corrected chi connectivity index (χ3v) is 2.38. The van der Waals surface area contributed by atoms with Crippen LogP contribution in [0.25, 0.3) is 0 Å². The van der Waals surface area contributed by atoms with Crippen molar-refractivity contribution in [2.45, 2.75) is 26.3 Å². The summed E-state index contributed by atoms with van der Waals surface area (Å²) < 4.78 is 9.99. The van der Waals surface area contributed by atoms with E-state index >= 15 is 0 Å². The Hall–Kier alpha value is -1.40. The van der Waals surface area contributed by atoms with Crippen LogP contribution in [0.15, 0.2) is 12.2 Å². The number of esters is 2. The first-order valence-corrected chi connectivity index (χ1v) is 5.66. The number of hydrogen-bond donors (Lipinski definition) is 0. The second-order valence-electron chi connectivity index (χ2n) is 4.33. The number of carbonyl (C=O) groups is 2. The molecule has 18 heavy (non-hydrogen) atoms. The smallest absolute Gasteiger partial charge is 0.332 e. The highest BCUT2D eigenvalue weighted by molar-refractivity contribution is 5.91. The Kier molecular flexibility index (Phi) is 7.23. The first-order chi connectivity index (χ1) is 8.23. The van der Waals surface area contributed by atoms with E-state index in [1.165, 1.54) is 0 Å². The van der Waals surface area contributed by atoms with E-state index in [4.69, 9.17) is 9.47 Å². The van der Waals surface area contributed by atoms with Crippen LogP contribution >= 0.6 is 0 Å². The van der Waals surface area contributed by atoms with Gasteiger partial charge in [0.05, 0.1) is 0 Å². The molecule has 2 atom stereocenters. The van der Waals surface area contributed by atoms with E-state index in [1.807, 2.05) is 0 Å². The normalized spacial score (nSPS) is 14.9. The standard InChI is InChI=1S/C12H22N2O4/c1-9(13(3)4)17-11(15)7-8-12(16)18-10(2)14(5)6/h7-10H,1-6H3/b8-7-. The van der Waals surface area contributed by atoms with Crippen molar-refractivity contribution in [1.29, 1.82) is 0 Å². The number of ether oxygens (including phenoxy) is 2. The summed E-state index contributed by atoms with van der Waals surface area (Å²) in [6, 6.07) is 0. The maximum atomic E-state index is 11.3. The van der Waals surface area contributed by atoms with E-state index in [-0.39, 0.29) is 12.5 Å². The molecule has 0 rings (SSSR count). The number of hydrogen-bond acceptors (Lipinski definition) is 6. The Balaban J connectivity index is 4.15. The molecule has 0 bridgehead atoms. The molecular weight excluding hydrogens is 236 g/mol. The van der Waals surface area contributed by atoms with Crippen molar-refractivity contribution in [3.05, 3.63) is 12.2 Å². The molecule has 0 radical (unpaired) electrons. The zero-order valence-electron chi connectivity index (χ0n) is 11.8. The van der Waals surface area contributed by atoms with Gasteiger partial charge < -0.3 is 9.47 Å². The fourth-order valence-electron chi connectivity index (χ4n) is 0.762. The van der Waals surface area contributed by atoms with Gasteiger partial charge in [0.1, 0.15) is 0 Å². The second-order valence-corrected chi connectivity index (χ2v) is 4.33. The van der Waals surface area contributed by atoms with Gasteiger partial charge in [-0.2, -0.15) is 0 Å². The first kappa shape index (κ1) is 16.6. The van der Waals surface area contributed by atoms with Gasteiger partial charge in [-0.3, -0.25) is 9.80 Å². The monoisotopic (exact) mass is 258 g/mol. The minimum absolute atomic E-state index is 0.348. The molecule has 0 spiro atoms. The SMILES string of the molecule is CC(OC(=O)/C=C\C(=O)OC(C)N(C)C)N(C)C. The Morgan fingerprint density at radius 1 is 0.833 bits per heavy atom. The first-order valence-electron chi connectivity index (χ1n) is 5.66. The highest BCUT2D eigenvalue weighted by Gasteiger charge is 2.11. The summed E-state index contributed by atoms with van der Waals surface area (Å²) in [6.07, 6.45) is 1.42. The van der Waals surface area contributed by atoms with Gasteiger partial charge in [-0.15, -0.1) is 0 Å². The molecule has 0 fully saturated rings.